The topological polar surface area (TPSA) is 99.2 Å². The Hall–Kier alpha value is -2.11. The Morgan fingerprint density at radius 1 is 1.14 bits per heavy atom. The number of carbonyl (C=O) groups is 1. The van der Waals surface area contributed by atoms with Crippen LogP contribution >= 0.6 is 23.2 Å². The van der Waals surface area contributed by atoms with Crippen molar-refractivity contribution in [1.29, 1.82) is 0 Å². The molecular formula is C23H24Cl2FN3O5S. The molecule has 2 atom stereocenters. The summed E-state index contributed by atoms with van der Waals surface area (Å²) in [6.45, 7) is 2.96. The minimum atomic E-state index is -3.92. The number of likely N-dealkylation sites (tertiary alicyclic amines) is 1. The van der Waals surface area contributed by atoms with Crippen LogP contribution in [0.15, 0.2) is 35.2 Å². The van der Waals surface area contributed by atoms with Gasteiger partial charge in [0, 0.05) is 25.2 Å². The number of nitrogens with zero attached hydrogens (tertiary/aromatic N) is 2. The summed E-state index contributed by atoms with van der Waals surface area (Å²) in [6, 6.07) is 5.99. The lowest BCUT2D eigenvalue weighted by Gasteiger charge is -2.43. The number of anilines is 1. The molecule has 3 aliphatic heterocycles. The molecule has 3 heterocycles. The van der Waals surface area contributed by atoms with E-state index < -0.39 is 21.4 Å². The summed E-state index contributed by atoms with van der Waals surface area (Å²) in [5, 5.41) is 10.7. The molecule has 2 N–H and O–H groups in total. The van der Waals surface area contributed by atoms with Gasteiger partial charge in [0.25, 0.3) is 5.91 Å². The number of nitrogens with one attached hydrogen (secondary N) is 1. The number of hydrogen-bond acceptors (Lipinski definition) is 6. The first-order valence-corrected chi connectivity index (χ1v) is 13.4. The van der Waals surface area contributed by atoms with E-state index in [0.717, 1.165) is 18.9 Å². The first-order valence-electron chi connectivity index (χ1n) is 11.1. The van der Waals surface area contributed by atoms with Crippen LogP contribution in [0.1, 0.15) is 30.1 Å². The van der Waals surface area contributed by atoms with Gasteiger partial charge in [-0.25, -0.2) is 17.5 Å². The Morgan fingerprint density at radius 3 is 2.37 bits per heavy atom. The molecule has 0 aliphatic carbocycles. The quantitative estimate of drug-likeness (QED) is 0.599. The summed E-state index contributed by atoms with van der Waals surface area (Å²) in [5.74, 6) is -1.03. The number of aromatic hydroxyl groups is 1. The molecule has 0 spiro atoms. The molecular weight excluding hydrogens is 520 g/mol. The molecule has 3 saturated heterocycles. The summed E-state index contributed by atoms with van der Waals surface area (Å²) in [4.78, 5) is 16.7. The number of carbonyl (C=O) groups excluding carboxylic acids is 1. The van der Waals surface area contributed by atoms with Crippen molar-refractivity contribution in [1.82, 2.24) is 9.62 Å². The van der Waals surface area contributed by atoms with Crippen molar-refractivity contribution in [3.63, 3.8) is 0 Å². The van der Waals surface area contributed by atoms with E-state index >= 15 is 0 Å². The van der Waals surface area contributed by atoms with Gasteiger partial charge in [0.2, 0.25) is 10.0 Å². The SMILES string of the molecule is CC1(NS(=O)(=O)c2cc(Cl)c(O)c(N3C4CCC3CN(C(=O)c3ccc(F)cc3Cl)C4)c2)COC1. The van der Waals surface area contributed by atoms with Crippen molar-refractivity contribution in [2.75, 3.05) is 31.2 Å². The number of benzene rings is 2. The molecule has 12 heteroatoms. The van der Waals surface area contributed by atoms with Gasteiger partial charge in [-0.2, -0.15) is 0 Å². The third-order valence-corrected chi connectivity index (χ3v) is 8.98. The molecule has 35 heavy (non-hydrogen) atoms. The van der Waals surface area contributed by atoms with E-state index in [1.165, 1.54) is 24.3 Å². The molecule has 3 fully saturated rings. The second kappa shape index (κ2) is 8.77. The summed E-state index contributed by atoms with van der Waals surface area (Å²) in [6.07, 6.45) is 1.49. The summed E-state index contributed by atoms with van der Waals surface area (Å²) >= 11 is 12.4. The first-order chi connectivity index (χ1) is 16.5. The third-order valence-electron chi connectivity index (χ3n) is 6.76. The monoisotopic (exact) mass is 543 g/mol. The van der Waals surface area contributed by atoms with Crippen molar-refractivity contribution in [2.24, 2.45) is 0 Å². The number of piperazine rings is 1. The van der Waals surface area contributed by atoms with Crippen LogP contribution in [-0.2, 0) is 14.8 Å². The van der Waals surface area contributed by atoms with Gasteiger partial charge in [-0.1, -0.05) is 23.2 Å². The highest BCUT2D eigenvalue weighted by molar-refractivity contribution is 7.89. The molecule has 188 valence electrons. The van der Waals surface area contributed by atoms with Crippen molar-refractivity contribution < 1.29 is 27.4 Å². The van der Waals surface area contributed by atoms with Crippen LogP contribution in [0.4, 0.5) is 10.1 Å². The van der Waals surface area contributed by atoms with Crippen LogP contribution in [0.25, 0.3) is 0 Å². The number of rotatable bonds is 5. The third kappa shape index (κ3) is 4.46. The lowest BCUT2D eigenvalue weighted by Crippen LogP contribution is -2.59. The second-order valence-corrected chi connectivity index (χ2v) is 12.1. The van der Waals surface area contributed by atoms with E-state index in [1.807, 2.05) is 4.90 Å². The second-order valence-electron chi connectivity index (χ2n) is 9.56. The fourth-order valence-corrected chi connectivity index (χ4v) is 7.01. The summed E-state index contributed by atoms with van der Waals surface area (Å²) in [7, 11) is -3.92. The molecule has 5 rings (SSSR count). The fraction of sp³-hybridized carbons (Fsp3) is 0.435. The Balaban J connectivity index is 1.42. The number of fused-ring (bicyclic) bond motifs is 2. The Labute approximate surface area is 212 Å². The van der Waals surface area contributed by atoms with E-state index in [4.69, 9.17) is 27.9 Å². The number of phenols is 1. The predicted molar refractivity (Wildman–Crippen MR) is 129 cm³/mol. The molecule has 8 nitrogen and oxygen atoms in total. The zero-order valence-corrected chi connectivity index (χ0v) is 21.1. The zero-order chi connectivity index (χ0) is 25.1. The standard InChI is InChI=1S/C23H24Cl2FN3O5S/c1-23(11-34-12-23)27-35(32,33)16-7-19(25)21(30)20(8-16)29-14-3-4-15(29)10-28(9-14)22(31)17-5-2-13(26)6-18(17)24/h2,5-8,14-15,27,30H,3-4,9-12H2,1H3. The molecule has 1 amide bonds. The zero-order valence-electron chi connectivity index (χ0n) is 18.8. The Morgan fingerprint density at radius 2 is 1.80 bits per heavy atom. The van der Waals surface area contributed by atoms with E-state index in [-0.39, 0.29) is 57.5 Å². The number of hydrogen-bond donors (Lipinski definition) is 2. The van der Waals surface area contributed by atoms with Gasteiger partial charge in [0.05, 0.1) is 44.9 Å². The van der Waals surface area contributed by atoms with Crippen molar-refractivity contribution >= 4 is 44.8 Å². The van der Waals surface area contributed by atoms with Crippen molar-refractivity contribution in [2.45, 2.75) is 42.3 Å². The van der Waals surface area contributed by atoms with E-state index in [0.29, 0.717) is 18.8 Å². The molecule has 0 saturated carbocycles. The van der Waals surface area contributed by atoms with E-state index in [9.17, 15) is 22.7 Å². The molecule has 0 radical (unpaired) electrons. The minimum absolute atomic E-state index is 0.0465. The fourth-order valence-electron chi connectivity index (χ4n) is 5.06. The molecule has 0 aromatic heterocycles. The van der Waals surface area contributed by atoms with Crippen LogP contribution in [0, 0.1) is 5.82 Å². The van der Waals surface area contributed by atoms with E-state index in [1.54, 1.807) is 11.8 Å². The van der Waals surface area contributed by atoms with Crippen molar-refractivity contribution in [3.8, 4) is 5.75 Å². The van der Waals surface area contributed by atoms with Gasteiger partial charge in [0.15, 0.2) is 5.75 Å². The first kappa shape index (κ1) is 24.6. The average molecular weight is 544 g/mol. The predicted octanol–water partition coefficient (Wildman–Crippen LogP) is 3.40. The van der Waals surface area contributed by atoms with Gasteiger partial charge >= 0.3 is 0 Å². The van der Waals surface area contributed by atoms with Gasteiger partial charge < -0.3 is 19.6 Å². The van der Waals surface area contributed by atoms with Crippen molar-refractivity contribution in [3.05, 3.63) is 51.8 Å². The molecule has 3 aliphatic rings. The average Bonchev–Trinajstić information content (AvgIpc) is 3.02. The Kier molecular flexibility index (Phi) is 6.16. The lowest BCUT2D eigenvalue weighted by atomic mass is 10.0. The summed E-state index contributed by atoms with van der Waals surface area (Å²) in [5.41, 5.74) is -0.164. The Bertz CT molecular complexity index is 1290. The van der Waals surface area contributed by atoms with Gasteiger partial charge in [0.1, 0.15) is 5.82 Å². The number of amides is 1. The highest BCUT2D eigenvalue weighted by atomic mass is 35.5. The highest BCUT2D eigenvalue weighted by Gasteiger charge is 2.44. The largest absolute Gasteiger partial charge is 0.504 e. The molecule has 2 unspecified atom stereocenters. The minimum Gasteiger partial charge on any atom is -0.504 e. The van der Waals surface area contributed by atoms with Gasteiger partial charge in [-0.3, -0.25) is 4.79 Å². The van der Waals surface area contributed by atoms with Crippen LogP contribution in [0.2, 0.25) is 10.0 Å². The van der Waals surface area contributed by atoms with Crippen LogP contribution in [-0.4, -0.2) is 68.3 Å². The van der Waals surface area contributed by atoms with E-state index in [2.05, 4.69) is 4.72 Å². The number of ether oxygens (including phenoxy) is 1. The molecule has 2 aromatic rings. The van der Waals surface area contributed by atoms with Gasteiger partial charge in [-0.15, -0.1) is 0 Å². The number of halogens is 3. The maximum atomic E-state index is 13.4. The van der Waals surface area contributed by atoms with Crippen LogP contribution < -0.4 is 9.62 Å². The number of sulfonamides is 1. The maximum Gasteiger partial charge on any atom is 0.255 e. The maximum absolute atomic E-state index is 13.4. The number of phenolic OH excluding ortho intramolecular Hbond substituents is 1. The highest BCUT2D eigenvalue weighted by Crippen LogP contribution is 2.44. The van der Waals surface area contributed by atoms with Crippen LogP contribution in [0.5, 0.6) is 5.75 Å². The normalized spacial score (nSPS) is 23.3. The van der Waals surface area contributed by atoms with Gasteiger partial charge in [-0.05, 0) is 50.1 Å². The molecule has 2 bridgehead atoms. The molecule has 2 aromatic carbocycles. The van der Waals surface area contributed by atoms with Crippen LogP contribution in [0.3, 0.4) is 0 Å². The summed E-state index contributed by atoms with van der Waals surface area (Å²) < 4.78 is 47.3. The smallest absolute Gasteiger partial charge is 0.255 e. The lowest BCUT2D eigenvalue weighted by molar-refractivity contribution is -0.0523.